The van der Waals surface area contributed by atoms with Crippen LogP contribution in [-0.2, 0) is 14.3 Å². The van der Waals surface area contributed by atoms with Gasteiger partial charge in [0.1, 0.15) is 0 Å². The van der Waals surface area contributed by atoms with Crippen molar-refractivity contribution in [2.75, 3.05) is 20.2 Å². The molecule has 102 valence electrons. The molecule has 0 aromatic heterocycles. The number of rotatable bonds is 4. The molecule has 0 spiro atoms. The summed E-state index contributed by atoms with van der Waals surface area (Å²) >= 11 is 0. The fraction of sp³-hybridized carbons (Fsp3) is 0.692. The molecule has 0 unspecified atom stereocenters. The van der Waals surface area contributed by atoms with Crippen LogP contribution in [0.1, 0.15) is 32.6 Å². The third-order valence-corrected chi connectivity index (χ3v) is 3.17. The lowest BCUT2D eigenvalue weighted by atomic mass is 9.93. The number of likely N-dealkylation sites (tertiary alicyclic amines) is 1. The number of hydrogen-bond acceptors (Lipinski definition) is 3. The first-order valence-electron chi connectivity index (χ1n) is 6.30. The van der Waals surface area contributed by atoms with Gasteiger partial charge in [-0.1, -0.05) is 6.92 Å². The summed E-state index contributed by atoms with van der Waals surface area (Å²) in [6.07, 6.45) is 3.63. The van der Waals surface area contributed by atoms with Gasteiger partial charge in [-0.25, -0.2) is 4.39 Å². The van der Waals surface area contributed by atoms with Gasteiger partial charge in [0.2, 0.25) is 0 Å². The number of esters is 1. The summed E-state index contributed by atoms with van der Waals surface area (Å²) < 4.78 is 17.9. The van der Waals surface area contributed by atoms with Crippen LogP contribution in [0, 0.1) is 5.92 Å². The Labute approximate surface area is 107 Å². The number of ether oxygens (including phenoxy) is 1. The first kappa shape index (κ1) is 14.7. The van der Waals surface area contributed by atoms with Crippen LogP contribution < -0.4 is 0 Å². The van der Waals surface area contributed by atoms with Gasteiger partial charge in [-0.05, 0) is 31.3 Å². The molecule has 0 N–H and O–H groups in total. The van der Waals surface area contributed by atoms with Crippen molar-refractivity contribution in [2.24, 2.45) is 5.92 Å². The van der Waals surface area contributed by atoms with E-state index >= 15 is 0 Å². The molecule has 4 nitrogen and oxygen atoms in total. The quantitative estimate of drug-likeness (QED) is 0.572. The predicted molar refractivity (Wildman–Crippen MR) is 65.4 cm³/mol. The number of carbonyl (C=O) groups is 2. The van der Waals surface area contributed by atoms with E-state index in [4.69, 9.17) is 0 Å². The molecule has 0 saturated carbocycles. The summed E-state index contributed by atoms with van der Waals surface area (Å²) in [6.45, 7) is 2.80. The second-order valence-corrected chi connectivity index (χ2v) is 4.48. The Balaban J connectivity index is 2.42. The maximum Gasteiger partial charge on any atom is 0.305 e. The molecule has 1 aliphatic rings. The number of piperidine rings is 1. The van der Waals surface area contributed by atoms with Crippen LogP contribution in [-0.4, -0.2) is 37.0 Å². The minimum Gasteiger partial charge on any atom is -0.469 e. The molecule has 1 fully saturated rings. The Hall–Kier alpha value is -1.39. The molecule has 0 radical (unpaired) electrons. The Morgan fingerprint density at radius 2 is 2.00 bits per heavy atom. The van der Waals surface area contributed by atoms with E-state index in [9.17, 15) is 14.0 Å². The van der Waals surface area contributed by atoms with Gasteiger partial charge in [0.05, 0.1) is 7.11 Å². The van der Waals surface area contributed by atoms with Gasteiger partial charge < -0.3 is 9.64 Å². The highest BCUT2D eigenvalue weighted by molar-refractivity contribution is 5.91. The van der Waals surface area contributed by atoms with Crippen molar-refractivity contribution < 1.29 is 18.7 Å². The Bertz CT molecular complexity index is 333. The van der Waals surface area contributed by atoms with Crippen molar-refractivity contribution in [3.8, 4) is 0 Å². The van der Waals surface area contributed by atoms with Crippen LogP contribution in [0.25, 0.3) is 0 Å². The predicted octanol–water partition coefficient (Wildman–Crippen LogP) is 2.05. The lowest BCUT2D eigenvalue weighted by Gasteiger charge is -2.31. The number of halogens is 1. The van der Waals surface area contributed by atoms with E-state index in [2.05, 4.69) is 4.74 Å². The SMILES string of the molecule is CCC=C(F)C(=O)N1CCC(CC(=O)OC)CC1. The fourth-order valence-corrected chi connectivity index (χ4v) is 2.08. The van der Waals surface area contributed by atoms with E-state index in [1.165, 1.54) is 18.1 Å². The number of amides is 1. The molecular formula is C13H20FNO3. The molecule has 1 aliphatic heterocycles. The van der Waals surface area contributed by atoms with E-state index in [0.717, 1.165) is 12.8 Å². The molecule has 18 heavy (non-hydrogen) atoms. The molecule has 1 amide bonds. The zero-order valence-electron chi connectivity index (χ0n) is 10.9. The van der Waals surface area contributed by atoms with Crippen molar-refractivity contribution in [1.82, 2.24) is 4.90 Å². The normalized spacial score (nSPS) is 17.7. The lowest BCUT2D eigenvalue weighted by molar-refractivity contribution is -0.142. The van der Waals surface area contributed by atoms with Gasteiger partial charge in [0.15, 0.2) is 5.83 Å². The van der Waals surface area contributed by atoms with E-state index in [1.807, 2.05) is 0 Å². The lowest BCUT2D eigenvalue weighted by Crippen LogP contribution is -2.39. The third-order valence-electron chi connectivity index (χ3n) is 3.17. The van der Waals surface area contributed by atoms with Crippen molar-refractivity contribution in [2.45, 2.75) is 32.6 Å². The molecule has 0 bridgehead atoms. The van der Waals surface area contributed by atoms with Gasteiger partial charge in [-0.3, -0.25) is 9.59 Å². The smallest absolute Gasteiger partial charge is 0.305 e. The largest absolute Gasteiger partial charge is 0.469 e. The number of allylic oxidation sites excluding steroid dienone is 1. The highest BCUT2D eigenvalue weighted by atomic mass is 19.1. The van der Waals surface area contributed by atoms with Crippen molar-refractivity contribution in [1.29, 1.82) is 0 Å². The van der Waals surface area contributed by atoms with Crippen LogP contribution in [0.2, 0.25) is 0 Å². The van der Waals surface area contributed by atoms with E-state index in [0.29, 0.717) is 25.9 Å². The zero-order valence-corrected chi connectivity index (χ0v) is 10.9. The topological polar surface area (TPSA) is 46.6 Å². The zero-order chi connectivity index (χ0) is 13.5. The molecule has 0 aromatic carbocycles. The number of methoxy groups -OCH3 is 1. The molecule has 0 atom stereocenters. The molecule has 0 aromatic rings. The highest BCUT2D eigenvalue weighted by Crippen LogP contribution is 2.22. The minimum atomic E-state index is -0.677. The average Bonchev–Trinajstić information content (AvgIpc) is 2.39. The number of carbonyl (C=O) groups excluding carboxylic acids is 2. The van der Waals surface area contributed by atoms with Crippen LogP contribution >= 0.6 is 0 Å². The summed E-state index contributed by atoms with van der Waals surface area (Å²) in [5, 5.41) is 0. The van der Waals surface area contributed by atoms with Crippen LogP contribution in [0.5, 0.6) is 0 Å². The summed E-state index contributed by atoms with van der Waals surface area (Å²) in [5.41, 5.74) is 0. The fourth-order valence-electron chi connectivity index (χ4n) is 2.08. The molecule has 1 saturated heterocycles. The maximum absolute atomic E-state index is 13.3. The number of nitrogens with zero attached hydrogens (tertiary/aromatic N) is 1. The van der Waals surface area contributed by atoms with Crippen LogP contribution in [0.15, 0.2) is 11.9 Å². The van der Waals surface area contributed by atoms with Gasteiger partial charge in [0, 0.05) is 19.5 Å². The Morgan fingerprint density at radius 1 is 1.39 bits per heavy atom. The van der Waals surface area contributed by atoms with Crippen LogP contribution in [0.3, 0.4) is 0 Å². The monoisotopic (exact) mass is 257 g/mol. The van der Waals surface area contributed by atoms with Crippen molar-refractivity contribution in [3.05, 3.63) is 11.9 Å². The molecule has 1 heterocycles. The molecule has 1 rings (SSSR count). The van der Waals surface area contributed by atoms with Gasteiger partial charge in [-0.2, -0.15) is 0 Å². The standard InChI is InChI=1S/C13H20FNO3/c1-3-4-11(14)13(17)15-7-5-10(6-8-15)9-12(16)18-2/h4,10H,3,5-9H2,1-2H3. The van der Waals surface area contributed by atoms with Crippen molar-refractivity contribution >= 4 is 11.9 Å². The first-order chi connectivity index (χ1) is 8.58. The van der Waals surface area contributed by atoms with Gasteiger partial charge in [-0.15, -0.1) is 0 Å². The molecule has 5 heteroatoms. The average molecular weight is 257 g/mol. The first-order valence-corrected chi connectivity index (χ1v) is 6.30. The summed E-state index contributed by atoms with van der Waals surface area (Å²) in [6, 6.07) is 0. The van der Waals surface area contributed by atoms with Crippen LogP contribution in [0.4, 0.5) is 4.39 Å². The van der Waals surface area contributed by atoms with E-state index in [1.54, 1.807) is 6.92 Å². The van der Waals surface area contributed by atoms with Gasteiger partial charge in [0.25, 0.3) is 5.91 Å². The van der Waals surface area contributed by atoms with Crippen molar-refractivity contribution in [3.63, 3.8) is 0 Å². The Kier molecular flexibility index (Phi) is 5.82. The number of hydrogen-bond donors (Lipinski definition) is 0. The van der Waals surface area contributed by atoms with E-state index in [-0.39, 0.29) is 11.9 Å². The minimum absolute atomic E-state index is 0.225. The summed E-state index contributed by atoms with van der Waals surface area (Å²) in [7, 11) is 1.37. The van der Waals surface area contributed by atoms with Gasteiger partial charge >= 0.3 is 5.97 Å². The molecular weight excluding hydrogens is 237 g/mol. The Morgan fingerprint density at radius 3 is 2.50 bits per heavy atom. The molecule has 0 aliphatic carbocycles. The summed E-state index contributed by atoms with van der Waals surface area (Å²) in [4.78, 5) is 24.3. The maximum atomic E-state index is 13.3. The third kappa shape index (κ3) is 4.13. The van der Waals surface area contributed by atoms with E-state index < -0.39 is 11.7 Å². The second kappa shape index (κ2) is 7.13. The highest BCUT2D eigenvalue weighted by Gasteiger charge is 2.26. The summed E-state index contributed by atoms with van der Waals surface area (Å²) in [5.74, 6) is -1.20. The second-order valence-electron chi connectivity index (χ2n) is 4.48.